The average Bonchev–Trinajstić information content (AvgIpc) is 2.57. The van der Waals surface area contributed by atoms with Gasteiger partial charge in [-0.2, -0.15) is 0 Å². The Hall–Kier alpha value is -3.42. The second-order valence-electron chi connectivity index (χ2n) is 5.06. The minimum atomic E-state index is -0.469. The molecule has 0 saturated heterocycles. The molecule has 3 aromatic rings. The molecule has 2 aromatic heterocycles. The largest absolute Gasteiger partial charge is 0.437 e. The Balaban J connectivity index is 1.97. The van der Waals surface area contributed by atoms with Crippen molar-refractivity contribution in [2.75, 3.05) is 0 Å². The van der Waals surface area contributed by atoms with Crippen molar-refractivity contribution in [1.82, 2.24) is 19.9 Å². The first-order valence-electron chi connectivity index (χ1n) is 7.08. The third-order valence-corrected chi connectivity index (χ3v) is 3.12. The molecule has 0 saturated carbocycles. The first-order valence-corrected chi connectivity index (χ1v) is 7.08. The molecule has 8 nitrogen and oxygen atoms in total. The monoisotopic (exact) mass is 323 g/mol. The van der Waals surface area contributed by atoms with E-state index in [1.807, 2.05) is 13.8 Å². The Morgan fingerprint density at radius 2 is 1.71 bits per heavy atom. The fourth-order valence-electron chi connectivity index (χ4n) is 2.03. The number of rotatable bonds is 4. The fourth-order valence-corrected chi connectivity index (χ4v) is 2.03. The summed E-state index contributed by atoms with van der Waals surface area (Å²) in [6.45, 7) is 3.64. The van der Waals surface area contributed by atoms with Crippen LogP contribution in [-0.2, 0) is 0 Å². The second-order valence-corrected chi connectivity index (χ2v) is 5.06. The zero-order chi connectivity index (χ0) is 17.1. The summed E-state index contributed by atoms with van der Waals surface area (Å²) in [5, 5.41) is 10.7. The van der Waals surface area contributed by atoms with Gasteiger partial charge in [0.25, 0.3) is 5.69 Å². The zero-order valence-electron chi connectivity index (χ0n) is 13.0. The molecule has 0 aliphatic heterocycles. The van der Waals surface area contributed by atoms with Crippen LogP contribution in [0.15, 0.2) is 42.9 Å². The first kappa shape index (κ1) is 15.5. The number of nitro benzene ring substituents is 1. The lowest BCUT2D eigenvalue weighted by Gasteiger charge is -2.09. The summed E-state index contributed by atoms with van der Waals surface area (Å²) in [7, 11) is 0. The lowest BCUT2D eigenvalue weighted by Crippen LogP contribution is -1.99. The maximum absolute atomic E-state index is 10.7. The van der Waals surface area contributed by atoms with Crippen molar-refractivity contribution in [3.05, 3.63) is 64.4 Å². The Morgan fingerprint density at radius 1 is 1.00 bits per heavy atom. The van der Waals surface area contributed by atoms with Crippen molar-refractivity contribution in [2.45, 2.75) is 13.8 Å². The zero-order valence-corrected chi connectivity index (χ0v) is 13.0. The van der Waals surface area contributed by atoms with Gasteiger partial charge in [-0.25, -0.2) is 15.0 Å². The fraction of sp³-hybridized carbons (Fsp3) is 0.125. The van der Waals surface area contributed by atoms with Crippen molar-refractivity contribution in [3.8, 4) is 23.0 Å². The van der Waals surface area contributed by atoms with E-state index in [0.29, 0.717) is 22.8 Å². The van der Waals surface area contributed by atoms with Gasteiger partial charge in [0.05, 0.1) is 28.7 Å². The van der Waals surface area contributed by atoms with Crippen LogP contribution in [0.1, 0.15) is 11.4 Å². The Bertz CT molecular complexity index is 896. The molecule has 0 radical (unpaired) electrons. The Labute approximate surface area is 137 Å². The molecule has 2 heterocycles. The molecule has 120 valence electrons. The van der Waals surface area contributed by atoms with Gasteiger partial charge < -0.3 is 4.74 Å². The van der Waals surface area contributed by atoms with Crippen LogP contribution in [0.25, 0.3) is 11.4 Å². The molecule has 0 fully saturated rings. The number of nitro groups is 1. The predicted octanol–water partition coefficient (Wildman–Crippen LogP) is 3.25. The van der Waals surface area contributed by atoms with Crippen LogP contribution < -0.4 is 4.74 Å². The number of ether oxygens (including phenoxy) is 1. The Morgan fingerprint density at radius 3 is 2.38 bits per heavy atom. The molecule has 0 unspecified atom stereocenters. The minimum absolute atomic E-state index is 0.0119. The van der Waals surface area contributed by atoms with Crippen LogP contribution in [0.4, 0.5) is 5.69 Å². The van der Waals surface area contributed by atoms with E-state index < -0.39 is 4.92 Å². The van der Waals surface area contributed by atoms with E-state index >= 15 is 0 Å². The minimum Gasteiger partial charge on any atom is -0.437 e. The quantitative estimate of drug-likeness (QED) is 0.536. The van der Waals surface area contributed by atoms with Gasteiger partial charge >= 0.3 is 0 Å². The molecule has 0 aliphatic carbocycles. The smallest absolute Gasteiger partial charge is 0.269 e. The molecule has 1 aromatic carbocycles. The van der Waals surface area contributed by atoms with Gasteiger partial charge in [-0.15, -0.1) is 0 Å². The standard InChI is InChI=1S/C16H13N5O3/c1-10-7-17-9-14(19-10)15-16(18-8-11(2)20-15)24-13-5-3-12(4-6-13)21(22)23/h3-9H,1-2H3. The van der Waals surface area contributed by atoms with Crippen LogP contribution in [0, 0.1) is 24.0 Å². The van der Waals surface area contributed by atoms with Gasteiger partial charge in [0.1, 0.15) is 11.4 Å². The van der Waals surface area contributed by atoms with Crippen molar-refractivity contribution < 1.29 is 9.66 Å². The number of aromatic nitrogens is 4. The summed E-state index contributed by atoms with van der Waals surface area (Å²) < 4.78 is 5.73. The second kappa shape index (κ2) is 6.37. The van der Waals surface area contributed by atoms with Gasteiger partial charge in [-0.05, 0) is 26.0 Å². The molecule has 0 spiro atoms. The van der Waals surface area contributed by atoms with E-state index in [-0.39, 0.29) is 11.6 Å². The van der Waals surface area contributed by atoms with Crippen LogP contribution in [0.5, 0.6) is 11.6 Å². The van der Waals surface area contributed by atoms with Crippen LogP contribution in [0.2, 0.25) is 0 Å². The topological polar surface area (TPSA) is 104 Å². The number of hydrogen-bond donors (Lipinski definition) is 0. The summed E-state index contributed by atoms with van der Waals surface area (Å²) in [4.78, 5) is 27.4. The summed E-state index contributed by atoms with van der Waals surface area (Å²) in [5.41, 5.74) is 2.45. The number of hydrogen-bond acceptors (Lipinski definition) is 7. The SMILES string of the molecule is Cc1cncc(-c2nc(C)cnc2Oc2ccc([N+](=O)[O-])cc2)n1. The molecule has 0 N–H and O–H groups in total. The van der Waals surface area contributed by atoms with Gasteiger partial charge in [-0.1, -0.05) is 0 Å². The van der Waals surface area contributed by atoms with E-state index in [2.05, 4.69) is 19.9 Å². The van der Waals surface area contributed by atoms with E-state index in [9.17, 15) is 10.1 Å². The average molecular weight is 323 g/mol. The third-order valence-electron chi connectivity index (χ3n) is 3.12. The summed E-state index contributed by atoms with van der Waals surface area (Å²) in [6, 6.07) is 5.74. The molecule has 3 rings (SSSR count). The van der Waals surface area contributed by atoms with Gasteiger partial charge in [0, 0.05) is 18.3 Å². The summed E-state index contributed by atoms with van der Waals surface area (Å²) in [6.07, 6.45) is 4.80. The lowest BCUT2D eigenvalue weighted by molar-refractivity contribution is -0.384. The molecule has 0 amide bonds. The highest BCUT2D eigenvalue weighted by Crippen LogP contribution is 2.29. The van der Waals surface area contributed by atoms with Crippen LogP contribution in [-0.4, -0.2) is 24.9 Å². The summed E-state index contributed by atoms with van der Waals surface area (Å²) in [5.74, 6) is 0.676. The number of non-ortho nitro benzene ring substituents is 1. The molecule has 0 aliphatic rings. The van der Waals surface area contributed by atoms with Gasteiger partial charge in [-0.3, -0.25) is 15.1 Å². The van der Waals surface area contributed by atoms with E-state index in [4.69, 9.17) is 4.74 Å². The van der Waals surface area contributed by atoms with E-state index in [1.165, 1.54) is 24.3 Å². The van der Waals surface area contributed by atoms with Gasteiger partial charge in [0.2, 0.25) is 5.88 Å². The van der Waals surface area contributed by atoms with E-state index in [0.717, 1.165) is 5.69 Å². The molecule has 0 bridgehead atoms. The van der Waals surface area contributed by atoms with Crippen LogP contribution in [0.3, 0.4) is 0 Å². The molecule has 8 heteroatoms. The van der Waals surface area contributed by atoms with Crippen molar-refractivity contribution in [2.24, 2.45) is 0 Å². The van der Waals surface area contributed by atoms with E-state index in [1.54, 1.807) is 18.6 Å². The predicted molar refractivity (Wildman–Crippen MR) is 85.7 cm³/mol. The molecular weight excluding hydrogens is 310 g/mol. The summed E-state index contributed by atoms with van der Waals surface area (Å²) >= 11 is 0. The third kappa shape index (κ3) is 3.32. The number of benzene rings is 1. The van der Waals surface area contributed by atoms with Crippen molar-refractivity contribution in [1.29, 1.82) is 0 Å². The van der Waals surface area contributed by atoms with Crippen molar-refractivity contribution in [3.63, 3.8) is 0 Å². The lowest BCUT2D eigenvalue weighted by atomic mass is 10.3. The molecule has 0 atom stereocenters. The highest BCUT2D eigenvalue weighted by molar-refractivity contribution is 5.60. The van der Waals surface area contributed by atoms with Crippen LogP contribution >= 0.6 is 0 Å². The van der Waals surface area contributed by atoms with Gasteiger partial charge in [0.15, 0.2) is 5.69 Å². The highest BCUT2D eigenvalue weighted by atomic mass is 16.6. The first-order chi connectivity index (χ1) is 11.5. The molecule has 24 heavy (non-hydrogen) atoms. The highest BCUT2D eigenvalue weighted by Gasteiger charge is 2.14. The normalized spacial score (nSPS) is 10.4. The number of aryl methyl sites for hydroxylation is 2. The maximum atomic E-state index is 10.7. The number of nitrogens with zero attached hydrogens (tertiary/aromatic N) is 5. The molecular formula is C16H13N5O3. The maximum Gasteiger partial charge on any atom is 0.269 e. The van der Waals surface area contributed by atoms with Crippen molar-refractivity contribution >= 4 is 5.69 Å². The Kier molecular flexibility index (Phi) is 4.11.